The molecule has 24 heavy (non-hydrogen) atoms. The monoisotopic (exact) mass is 369 g/mol. The average molecular weight is 370 g/mol. The molecule has 1 atom stereocenters. The van der Waals surface area contributed by atoms with Crippen molar-refractivity contribution >= 4 is 39.2 Å². The molecule has 1 aliphatic rings. The van der Waals surface area contributed by atoms with Gasteiger partial charge in [-0.3, -0.25) is 9.59 Å². The van der Waals surface area contributed by atoms with Gasteiger partial charge in [-0.15, -0.1) is 0 Å². The second-order valence-electron chi connectivity index (χ2n) is 5.52. The molecular formula is C17H23NO4S2. The Balaban J connectivity index is 1.57. The highest BCUT2D eigenvalue weighted by Gasteiger charge is 2.16. The SMILES string of the molecule is COc1cccc(NC(=O)COC(=O)CCCC[C@H]2CCSS2)c1. The number of amides is 1. The van der Waals surface area contributed by atoms with E-state index in [4.69, 9.17) is 9.47 Å². The third kappa shape index (κ3) is 7.05. The standard InChI is InChI=1S/C17H23NO4S2/c1-21-14-6-4-5-13(11-14)18-16(19)12-22-17(20)8-3-2-7-15-9-10-23-24-15/h4-6,11,15H,2-3,7-10,12H2,1H3,(H,18,19)/t15-/m0/s1. The molecule has 5 nitrogen and oxygen atoms in total. The number of carbonyl (C=O) groups excluding carboxylic acids is 2. The van der Waals surface area contributed by atoms with Crippen LogP contribution in [0.25, 0.3) is 0 Å². The first-order chi connectivity index (χ1) is 11.7. The highest BCUT2D eigenvalue weighted by Crippen LogP contribution is 2.39. The Hall–Kier alpha value is -1.34. The van der Waals surface area contributed by atoms with Crippen molar-refractivity contribution in [1.29, 1.82) is 0 Å². The summed E-state index contributed by atoms with van der Waals surface area (Å²) in [5.41, 5.74) is 0.613. The molecular weight excluding hydrogens is 346 g/mol. The first kappa shape index (κ1) is 19.0. The van der Waals surface area contributed by atoms with Crippen molar-refractivity contribution in [1.82, 2.24) is 0 Å². The predicted molar refractivity (Wildman–Crippen MR) is 99.5 cm³/mol. The van der Waals surface area contributed by atoms with Crippen molar-refractivity contribution in [2.24, 2.45) is 0 Å². The van der Waals surface area contributed by atoms with Crippen molar-refractivity contribution in [2.75, 3.05) is 24.8 Å². The molecule has 0 spiro atoms. The van der Waals surface area contributed by atoms with Gasteiger partial charge in [-0.1, -0.05) is 34.1 Å². The van der Waals surface area contributed by atoms with E-state index in [-0.39, 0.29) is 18.5 Å². The zero-order chi connectivity index (χ0) is 17.2. The number of benzene rings is 1. The zero-order valence-corrected chi connectivity index (χ0v) is 15.4. The van der Waals surface area contributed by atoms with Gasteiger partial charge in [0, 0.05) is 29.2 Å². The molecule has 1 saturated heterocycles. The summed E-state index contributed by atoms with van der Waals surface area (Å²) in [5, 5.41) is 3.41. The topological polar surface area (TPSA) is 64.6 Å². The van der Waals surface area contributed by atoms with Crippen molar-refractivity contribution in [3.05, 3.63) is 24.3 Å². The fraction of sp³-hybridized carbons (Fsp3) is 0.529. The lowest BCUT2D eigenvalue weighted by Gasteiger charge is -2.08. The Morgan fingerprint density at radius 3 is 2.96 bits per heavy atom. The fourth-order valence-corrected chi connectivity index (χ4v) is 5.35. The molecule has 0 aromatic heterocycles. The summed E-state index contributed by atoms with van der Waals surface area (Å²) in [4.78, 5) is 23.5. The van der Waals surface area contributed by atoms with Crippen LogP contribution in [0.2, 0.25) is 0 Å². The number of hydrogen-bond acceptors (Lipinski definition) is 6. The Morgan fingerprint density at radius 2 is 2.21 bits per heavy atom. The van der Waals surface area contributed by atoms with Crippen molar-refractivity contribution in [2.45, 2.75) is 37.4 Å². The van der Waals surface area contributed by atoms with Crippen LogP contribution < -0.4 is 10.1 Å². The maximum absolute atomic E-state index is 11.8. The minimum Gasteiger partial charge on any atom is -0.497 e. The summed E-state index contributed by atoms with van der Waals surface area (Å²) in [6.45, 7) is -0.259. The summed E-state index contributed by atoms with van der Waals surface area (Å²) in [7, 11) is 5.45. The van der Waals surface area contributed by atoms with Crippen LogP contribution in [0, 0.1) is 0 Å². The molecule has 0 aliphatic carbocycles. The normalized spacial score (nSPS) is 16.6. The molecule has 0 saturated carbocycles. The molecule has 132 valence electrons. The van der Waals surface area contributed by atoms with E-state index in [2.05, 4.69) is 5.32 Å². The number of ether oxygens (including phenoxy) is 2. The van der Waals surface area contributed by atoms with E-state index in [9.17, 15) is 9.59 Å². The summed E-state index contributed by atoms with van der Waals surface area (Å²) < 4.78 is 10.1. The molecule has 1 aromatic rings. The van der Waals surface area contributed by atoms with Gasteiger partial charge in [-0.2, -0.15) is 0 Å². The zero-order valence-electron chi connectivity index (χ0n) is 13.8. The number of hydrogen-bond donors (Lipinski definition) is 1. The van der Waals surface area contributed by atoms with Gasteiger partial charge in [0.25, 0.3) is 5.91 Å². The van der Waals surface area contributed by atoms with Crippen LogP contribution >= 0.6 is 21.6 Å². The number of unbranched alkanes of at least 4 members (excludes halogenated alkanes) is 1. The van der Waals surface area contributed by atoms with Crippen LogP contribution in [-0.4, -0.2) is 36.6 Å². The number of anilines is 1. The van der Waals surface area contributed by atoms with E-state index in [1.165, 1.54) is 12.2 Å². The summed E-state index contributed by atoms with van der Waals surface area (Å²) in [5.74, 6) is 1.23. The molecule has 1 fully saturated rings. The van der Waals surface area contributed by atoms with Gasteiger partial charge in [0.1, 0.15) is 5.75 Å². The molecule has 0 unspecified atom stereocenters. The third-order valence-electron chi connectivity index (χ3n) is 3.60. The van der Waals surface area contributed by atoms with E-state index in [0.717, 1.165) is 24.5 Å². The molecule has 0 radical (unpaired) electrons. The molecule has 1 aromatic carbocycles. The number of rotatable bonds is 9. The van der Waals surface area contributed by atoms with Crippen LogP contribution in [0.4, 0.5) is 5.69 Å². The third-order valence-corrected chi connectivity index (χ3v) is 6.61. The Kier molecular flexibility index (Phi) is 8.32. The van der Waals surface area contributed by atoms with E-state index >= 15 is 0 Å². The summed E-state index contributed by atoms with van der Waals surface area (Å²) in [6.07, 6.45) is 4.64. The van der Waals surface area contributed by atoms with Crippen LogP contribution in [0.1, 0.15) is 32.1 Å². The van der Waals surface area contributed by atoms with Crippen LogP contribution in [0.15, 0.2) is 24.3 Å². The number of carbonyl (C=O) groups is 2. The Labute approximate surface area is 150 Å². The lowest BCUT2D eigenvalue weighted by atomic mass is 10.1. The van der Waals surface area contributed by atoms with Crippen LogP contribution in [-0.2, 0) is 14.3 Å². The number of esters is 1. The second-order valence-corrected chi connectivity index (χ2v) is 8.30. The largest absolute Gasteiger partial charge is 0.497 e. The predicted octanol–water partition coefficient (Wildman–Crippen LogP) is 3.89. The quantitative estimate of drug-likeness (QED) is 0.405. The first-order valence-electron chi connectivity index (χ1n) is 8.05. The Bertz CT molecular complexity index is 547. The van der Waals surface area contributed by atoms with E-state index in [0.29, 0.717) is 17.9 Å². The lowest BCUT2D eigenvalue weighted by molar-refractivity contribution is -0.147. The molecule has 0 bridgehead atoms. The van der Waals surface area contributed by atoms with Gasteiger partial charge < -0.3 is 14.8 Å². The van der Waals surface area contributed by atoms with E-state index in [1.54, 1.807) is 31.4 Å². The number of nitrogens with one attached hydrogen (secondary N) is 1. The van der Waals surface area contributed by atoms with Crippen LogP contribution in [0.5, 0.6) is 5.75 Å². The van der Waals surface area contributed by atoms with Crippen LogP contribution in [0.3, 0.4) is 0 Å². The van der Waals surface area contributed by atoms with Gasteiger partial charge >= 0.3 is 5.97 Å². The molecule has 2 rings (SSSR count). The highest BCUT2D eigenvalue weighted by molar-refractivity contribution is 8.77. The fourth-order valence-electron chi connectivity index (χ4n) is 2.32. The molecule has 1 N–H and O–H groups in total. The molecule has 1 heterocycles. The Morgan fingerprint density at radius 1 is 1.33 bits per heavy atom. The molecule has 7 heteroatoms. The summed E-state index contributed by atoms with van der Waals surface area (Å²) >= 11 is 0. The first-order valence-corrected chi connectivity index (χ1v) is 10.4. The minimum atomic E-state index is -0.351. The lowest BCUT2D eigenvalue weighted by Crippen LogP contribution is -2.20. The van der Waals surface area contributed by atoms with Gasteiger partial charge in [0.2, 0.25) is 0 Å². The highest BCUT2D eigenvalue weighted by atomic mass is 33.1. The molecule has 1 aliphatic heterocycles. The van der Waals surface area contributed by atoms with Crippen molar-refractivity contribution in [3.63, 3.8) is 0 Å². The second kappa shape index (κ2) is 10.5. The van der Waals surface area contributed by atoms with E-state index < -0.39 is 0 Å². The summed E-state index contributed by atoms with van der Waals surface area (Å²) in [6, 6.07) is 7.03. The van der Waals surface area contributed by atoms with Gasteiger partial charge in [0.15, 0.2) is 6.61 Å². The average Bonchev–Trinajstić information content (AvgIpc) is 3.10. The van der Waals surface area contributed by atoms with Crippen molar-refractivity contribution < 1.29 is 19.1 Å². The van der Waals surface area contributed by atoms with Gasteiger partial charge in [0.05, 0.1) is 7.11 Å². The maximum atomic E-state index is 11.8. The van der Waals surface area contributed by atoms with E-state index in [1.807, 2.05) is 21.6 Å². The van der Waals surface area contributed by atoms with Gasteiger partial charge in [-0.25, -0.2) is 0 Å². The maximum Gasteiger partial charge on any atom is 0.306 e. The van der Waals surface area contributed by atoms with Crippen molar-refractivity contribution in [3.8, 4) is 5.75 Å². The number of methoxy groups -OCH3 is 1. The molecule has 1 amide bonds. The smallest absolute Gasteiger partial charge is 0.306 e. The minimum absolute atomic E-state index is 0.259. The van der Waals surface area contributed by atoms with Gasteiger partial charge in [-0.05, 0) is 31.4 Å².